The standard InChI is InChI=1S/C11H10N2O4/c1-17-11(14)9(7-12)6-8-2-4-10(5-3-8)13(15)16/h2-5,9H,6H2,1H3. The van der Waals surface area contributed by atoms with E-state index in [9.17, 15) is 14.9 Å². The van der Waals surface area contributed by atoms with Crippen LogP contribution in [-0.2, 0) is 16.0 Å². The van der Waals surface area contributed by atoms with Crippen molar-refractivity contribution >= 4 is 11.7 Å². The number of benzene rings is 1. The molecule has 0 amide bonds. The van der Waals surface area contributed by atoms with E-state index in [1.54, 1.807) is 0 Å². The Kier molecular flexibility index (Phi) is 4.17. The van der Waals surface area contributed by atoms with E-state index in [0.29, 0.717) is 5.56 Å². The molecule has 0 radical (unpaired) electrons. The molecule has 1 atom stereocenters. The zero-order valence-electron chi connectivity index (χ0n) is 9.12. The summed E-state index contributed by atoms with van der Waals surface area (Å²) >= 11 is 0. The average Bonchev–Trinajstić information content (AvgIpc) is 2.35. The summed E-state index contributed by atoms with van der Waals surface area (Å²) in [6.07, 6.45) is 0.182. The van der Waals surface area contributed by atoms with Crippen molar-refractivity contribution in [1.82, 2.24) is 0 Å². The lowest BCUT2D eigenvalue weighted by atomic mass is 10.0. The molecular formula is C11H10N2O4. The van der Waals surface area contributed by atoms with Gasteiger partial charge in [-0.15, -0.1) is 0 Å². The normalized spacial score (nSPS) is 11.3. The van der Waals surface area contributed by atoms with Gasteiger partial charge in [-0.3, -0.25) is 14.9 Å². The van der Waals surface area contributed by atoms with Gasteiger partial charge in [0.1, 0.15) is 5.92 Å². The van der Waals surface area contributed by atoms with Crippen LogP contribution in [0.1, 0.15) is 5.56 Å². The summed E-state index contributed by atoms with van der Waals surface area (Å²) in [5.74, 6) is -1.49. The van der Waals surface area contributed by atoms with Crippen molar-refractivity contribution in [2.45, 2.75) is 6.42 Å². The highest BCUT2D eigenvalue weighted by molar-refractivity contribution is 5.75. The average molecular weight is 234 g/mol. The molecule has 1 aromatic carbocycles. The van der Waals surface area contributed by atoms with Crippen LogP contribution in [0.4, 0.5) is 5.69 Å². The van der Waals surface area contributed by atoms with Crippen molar-refractivity contribution in [3.63, 3.8) is 0 Å². The van der Waals surface area contributed by atoms with E-state index in [4.69, 9.17) is 5.26 Å². The van der Waals surface area contributed by atoms with Crippen LogP contribution < -0.4 is 0 Å². The van der Waals surface area contributed by atoms with Gasteiger partial charge < -0.3 is 4.74 Å². The van der Waals surface area contributed by atoms with Crippen LogP contribution in [0.2, 0.25) is 0 Å². The second-order valence-corrected chi connectivity index (χ2v) is 3.33. The highest BCUT2D eigenvalue weighted by atomic mass is 16.6. The summed E-state index contributed by atoms with van der Waals surface area (Å²) < 4.78 is 4.47. The molecule has 0 aliphatic rings. The monoisotopic (exact) mass is 234 g/mol. The van der Waals surface area contributed by atoms with E-state index in [0.717, 1.165) is 0 Å². The smallest absolute Gasteiger partial charge is 0.323 e. The molecule has 1 aromatic rings. The topological polar surface area (TPSA) is 93.2 Å². The number of methoxy groups -OCH3 is 1. The van der Waals surface area contributed by atoms with E-state index in [-0.39, 0.29) is 12.1 Å². The number of nitrogens with zero attached hydrogens (tertiary/aromatic N) is 2. The van der Waals surface area contributed by atoms with Gasteiger partial charge in [-0.2, -0.15) is 5.26 Å². The molecule has 0 bridgehead atoms. The summed E-state index contributed by atoms with van der Waals surface area (Å²) in [5, 5.41) is 19.2. The zero-order valence-corrected chi connectivity index (χ0v) is 9.12. The summed E-state index contributed by atoms with van der Waals surface area (Å²) in [4.78, 5) is 21.1. The molecule has 6 nitrogen and oxygen atoms in total. The molecule has 88 valence electrons. The van der Waals surface area contributed by atoms with Crippen LogP contribution >= 0.6 is 0 Å². The molecule has 0 saturated carbocycles. The summed E-state index contributed by atoms with van der Waals surface area (Å²) in [6, 6.07) is 7.54. The van der Waals surface area contributed by atoms with Crippen molar-refractivity contribution in [3.05, 3.63) is 39.9 Å². The maximum Gasteiger partial charge on any atom is 0.323 e. The summed E-state index contributed by atoms with van der Waals surface area (Å²) in [6.45, 7) is 0. The third-order valence-corrected chi connectivity index (χ3v) is 2.23. The molecule has 17 heavy (non-hydrogen) atoms. The van der Waals surface area contributed by atoms with Crippen LogP contribution in [0, 0.1) is 27.4 Å². The molecular weight excluding hydrogens is 224 g/mol. The van der Waals surface area contributed by atoms with Gasteiger partial charge in [0.25, 0.3) is 5.69 Å². The Balaban J connectivity index is 2.78. The van der Waals surface area contributed by atoms with Gasteiger partial charge >= 0.3 is 5.97 Å². The minimum Gasteiger partial charge on any atom is -0.468 e. The van der Waals surface area contributed by atoms with Crippen LogP contribution in [0.3, 0.4) is 0 Å². The molecule has 0 fully saturated rings. The van der Waals surface area contributed by atoms with Gasteiger partial charge in [0.2, 0.25) is 0 Å². The Hall–Kier alpha value is -2.42. The van der Waals surface area contributed by atoms with Crippen molar-refractivity contribution < 1.29 is 14.5 Å². The number of non-ortho nitro benzene ring substituents is 1. The van der Waals surface area contributed by atoms with E-state index in [2.05, 4.69) is 4.74 Å². The Morgan fingerprint density at radius 1 is 1.53 bits per heavy atom. The van der Waals surface area contributed by atoms with Gasteiger partial charge in [0.15, 0.2) is 0 Å². The van der Waals surface area contributed by atoms with Gasteiger partial charge in [-0.05, 0) is 12.0 Å². The molecule has 1 rings (SSSR count). The van der Waals surface area contributed by atoms with E-state index in [1.807, 2.05) is 6.07 Å². The first-order valence-corrected chi connectivity index (χ1v) is 4.79. The fraction of sp³-hybridized carbons (Fsp3) is 0.273. The Morgan fingerprint density at radius 3 is 2.53 bits per heavy atom. The quantitative estimate of drug-likeness (QED) is 0.446. The molecule has 0 spiro atoms. The van der Waals surface area contributed by atoms with E-state index >= 15 is 0 Å². The third-order valence-electron chi connectivity index (χ3n) is 2.23. The molecule has 1 unspecified atom stereocenters. The summed E-state index contributed by atoms with van der Waals surface area (Å²) in [7, 11) is 1.21. The fourth-order valence-electron chi connectivity index (χ4n) is 1.31. The largest absolute Gasteiger partial charge is 0.468 e. The van der Waals surface area contributed by atoms with Gasteiger partial charge in [-0.25, -0.2) is 0 Å². The number of nitro benzene ring substituents is 1. The predicted molar refractivity (Wildman–Crippen MR) is 57.9 cm³/mol. The third kappa shape index (κ3) is 3.28. The van der Waals surface area contributed by atoms with Crippen molar-refractivity contribution in [3.8, 4) is 6.07 Å². The minimum atomic E-state index is -0.888. The maximum absolute atomic E-state index is 11.2. The molecule has 6 heteroatoms. The number of hydrogen-bond acceptors (Lipinski definition) is 5. The second-order valence-electron chi connectivity index (χ2n) is 3.33. The number of carbonyl (C=O) groups excluding carboxylic acids is 1. The molecule has 0 aliphatic carbocycles. The molecule has 0 heterocycles. The number of esters is 1. The van der Waals surface area contributed by atoms with Crippen LogP contribution in [0.15, 0.2) is 24.3 Å². The second kappa shape index (κ2) is 5.61. The van der Waals surface area contributed by atoms with Gasteiger partial charge in [-0.1, -0.05) is 12.1 Å². The minimum absolute atomic E-state index is 0.0275. The fourth-order valence-corrected chi connectivity index (χ4v) is 1.31. The highest BCUT2D eigenvalue weighted by Gasteiger charge is 2.19. The molecule has 0 N–H and O–H groups in total. The number of ether oxygens (including phenoxy) is 1. The van der Waals surface area contributed by atoms with E-state index in [1.165, 1.54) is 31.4 Å². The van der Waals surface area contributed by atoms with Crippen LogP contribution in [-0.4, -0.2) is 18.0 Å². The molecule has 0 saturated heterocycles. The lowest BCUT2D eigenvalue weighted by molar-refractivity contribution is -0.384. The van der Waals surface area contributed by atoms with Gasteiger partial charge in [0.05, 0.1) is 18.1 Å². The predicted octanol–water partition coefficient (Wildman–Crippen LogP) is 1.45. The first-order valence-electron chi connectivity index (χ1n) is 4.79. The Bertz CT molecular complexity index is 461. The SMILES string of the molecule is COC(=O)C(C#N)Cc1ccc([N+](=O)[O-])cc1. The number of rotatable bonds is 4. The lowest BCUT2D eigenvalue weighted by Crippen LogP contribution is -2.16. The number of nitriles is 1. The number of nitro groups is 1. The maximum atomic E-state index is 11.2. The Labute approximate surface area is 97.6 Å². The molecule has 0 aromatic heterocycles. The first-order chi connectivity index (χ1) is 8.08. The lowest BCUT2D eigenvalue weighted by Gasteiger charge is -2.06. The zero-order chi connectivity index (χ0) is 12.8. The number of hydrogen-bond donors (Lipinski definition) is 0. The first kappa shape index (κ1) is 12.6. The van der Waals surface area contributed by atoms with Crippen LogP contribution in [0.5, 0.6) is 0 Å². The summed E-state index contributed by atoms with van der Waals surface area (Å²) in [5.41, 5.74) is 0.646. The Morgan fingerprint density at radius 2 is 2.12 bits per heavy atom. The molecule has 0 aliphatic heterocycles. The van der Waals surface area contributed by atoms with Crippen LogP contribution in [0.25, 0.3) is 0 Å². The van der Waals surface area contributed by atoms with Gasteiger partial charge in [0, 0.05) is 12.1 Å². The van der Waals surface area contributed by atoms with Crippen molar-refractivity contribution in [2.75, 3.05) is 7.11 Å². The highest BCUT2D eigenvalue weighted by Crippen LogP contribution is 2.15. The van der Waals surface area contributed by atoms with E-state index < -0.39 is 16.8 Å². The van der Waals surface area contributed by atoms with Crippen molar-refractivity contribution in [1.29, 1.82) is 5.26 Å². The number of carbonyl (C=O) groups is 1. The van der Waals surface area contributed by atoms with Crippen molar-refractivity contribution in [2.24, 2.45) is 5.92 Å².